The molecule has 0 amide bonds. The number of hydrogen-bond acceptors (Lipinski definition) is 4. The van der Waals surface area contributed by atoms with Crippen LogP contribution in [-0.2, 0) is 14.3 Å². The molecule has 0 bridgehead atoms. The summed E-state index contributed by atoms with van der Waals surface area (Å²) in [7, 11) is -3.41. The first-order valence-corrected chi connectivity index (χ1v) is 9.68. The van der Waals surface area contributed by atoms with Gasteiger partial charge in [0, 0.05) is 58.0 Å². The Morgan fingerprint density at radius 2 is 1.29 bits per heavy atom. The molecule has 4 nitrogen and oxygen atoms in total. The van der Waals surface area contributed by atoms with Crippen molar-refractivity contribution in [2.75, 3.05) is 19.0 Å². The molecule has 0 atom stereocenters. The molecule has 0 fully saturated rings. The van der Waals surface area contributed by atoms with Crippen LogP contribution in [0, 0.1) is 0 Å². The van der Waals surface area contributed by atoms with Gasteiger partial charge in [0.15, 0.2) is 0 Å². The summed E-state index contributed by atoms with van der Waals surface area (Å²) in [6, 6.07) is 0. The van der Waals surface area contributed by atoms with Gasteiger partial charge in [0.2, 0.25) is 0 Å². The van der Waals surface area contributed by atoms with Crippen LogP contribution in [0.2, 0.25) is 0 Å². The van der Waals surface area contributed by atoms with Crippen LogP contribution >= 0.6 is 0 Å². The minimum atomic E-state index is -3.41. The second-order valence-electron chi connectivity index (χ2n) is 5.34. The quantitative estimate of drug-likeness (QED) is 0.280. The van der Waals surface area contributed by atoms with E-state index in [1.807, 2.05) is 0 Å². The molecular formula is C15H32KO4S. The minimum Gasteiger partial charge on any atom is -0.396 e. The van der Waals surface area contributed by atoms with Gasteiger partial charge in [-0.3, -0.25) is 4.18 Å². The van der Waals surface area contributed by atoms with Crippen molar-refractivity contribution in [3.8, 4) is 0 Å². The SMILES string of the molecule is CCCCCCCCCCCCOS(=O)(=O)CCCO.[K]. The van der Waals surface area contributed by atoms with Crippen molar-refractivity contribution in [3.05, 3.63) is 0 Å². The summed E-state index contributed by atoms with van der Waals surface area (Å²) in [5.74, 6) is -0.0821. The van der Waals surface area contributed by atoms with E-state index in [1.165, 1.54) is 44.9 Å². The van der Waals surface area contributed by atoms with Crippen molar-refractivity contribution in [3.63, 3.8) is 0 Å². The number of unbranched alkanes of at least 4 members (excludes halogenated alkanes) is 9. The summed E-state index contributed by atoms with van der Waals surface area (Å²) in [5, 5.41) is 8.57. The third-order valence-corrected chi connectivity index (χ3v) is 4.63. The molecule has 0 rings (SSSR count). The molecule has 0 aromatic carbocycles. The fourth-order valence-electron chi connectivity index (χ4n) is 2.08. The topological polar surface area (TPSA) is 63.6 Å². The van der Waals surface area contributed by atoms with Crippen molar-refractivity contribution in [2.24, 2.45) is 0 Å². The number of rotatable bonds is 15. The zero-order valence-electron chi connectivity index (χ0n) is 14.0. The van der Waals surface area contributed by atoms with Gasteiger partial charge in [0.25, 0.3) is 10.1 Å². The third-order valence-electron chi connectivity index (χ3n) is 3.31. The first kappa shape index (κ1) is 24.8. The van der Waals surface area contributed by atoms with E-state index in [4.69, 9.17) is 9.29 Å². The molecule has 1 radical (unpaired) electrons. The van der Waals surface area contributed by atoms with E-state index in [9.17, 15) is 8.42 Å². The van der Waals surface area contributed by atoms with Gasteiger partial charge in [-0.15, -0.1) is 0 Å². The van der Waals surface area contributed by atoms with E-state index in [-0.39, 0.29) is 76.8 Å². The molecule has 0 aromatic heterocycles. The predicted molar refractivity (Wildman–Crippen MR) is 89.0 cm³/mol. The van der Waals surface area contributed by atoms with E-state index in [0.29, 0.717) is 0 Å². The van der Waals surface area contributed by atoms with E-state index < -0.39 is 10.1 Å². The first-order valence-electron chi connectivity index (χ1n) is 8.10. The largest absolute Gasteiger partial charge is 0.396 e. The van der Waals surface area contributed by atoms with E-state index in [1.54, 1.807) is 0 Å². The second kappa shape index (κ2) is 17.9. The van der Waals surface area contributed by atoms with Crippen LogP contribution in [0.3, 0.4) is 0 Å². The Balaban J connectivity index is 0. The number of aliphatic hydroxyl groups is 1. The molecule has 0 heterocycles. The maximum Gasteiger partial charge on any atom is 0.267 e. The molecule has 0 aromatic rings. The molecular weight excluding hydrogens is 315 g/mol. The average Bonchev–Trinajstić information content (AvgIpc) is 2.42. The second-order valence-corrected chi connectivity index (χ2v) is 7.10. The normalized spacial score (nSPS) is 11.3. The van der Waals surface area contributed by atoms with Gasteiger partial charge in [-0.1, -0.05) is 64.7 Å². The van der Waals surface area contributed by atoms with Crippen molar-refractivity contribution >= 4 is 61.5 Å². The van der Waals surface area contributed by atoms with Crippen LogP contribution in [0.5, 0.6) is 0 Å². The Morgan fingerprint density at radius 1 is 0.810 bits per heavy atom. The maximum absolute atomic E-state index is 11.3. The Kier molecular flexibility index (Phi) is 21.0. The summed E-state index contributed by atoms with van der Waals surface area (Å²) in [6.07, 6.45) is 12.4. The first-order chi connectivity index (χ1) is 9.62. The molecule has 1 N–H and O–H groups in total. The van der Waals surface area contributed by atoms with Crippen LogP contribution in [0.1, 0.15) is 77.6 Å². The third kappa shape index (κ3) is 19.5. The van der Waals surface area contributed by atoms with Gasteiger partial charge in [-0.25, -0.2) is 0 Å². The summed E-state index contributed by atoms with van der Waals surface area (Å²) in [6.45, 7) is 2.40. The molecule has 0 aliphatic heterocycles. The monoisotopic (exact) mass is 347 g/mol. The predicted octanol–water partition coefficient (Wildman–Crippen LogP) is 3.26. The van der Waals surface area contributed by atoms with Gasteiger partial charge in [-0.2, -0.15) is 8.42 Å². The maximum atomic E-state index is 11.3. The molecule has 0 aliphatic carbocycles. The van der Waals surface area contributed by atoms with Crippen molar-refractivity contribution in [1.82, 2.24) is 0 Å². The van der Waals surface area contributed by atoms with Crippen LogP contribution < -0.4 is 0 Å². The van der Waals surface area contributed by atoms with Crippen LogP contribution in [0.4, 0.5) is 0 Å². The van der Waals surface area contributed by atoms with Crippen molar-refractivity contribution in [1.29, 1.82) is 0 Å². The van der Waals surface area contributed by atoms with E-state index >= 15 is 0 Å². The minimum absolute atomic E-state index is 0. The van der Waals surface area contributed by atoms with E-state index in [0.717, 1.165) is 19.3 Å². The molecule has 6 heteroatoms. The van der Waals surface area contributed by atoms with Gasteiger partial charge in [-0.05, 0) is 12.8 Å². The number of hydrogen-bond donors (Lipinski definition) is 1. The van der Waals surface area contributed by atoms with Crippen LogP contribution in [0.15, 0.2) is 0 Å². The molecule has 21 heavy (non-hydrogen) atoms. The zero-order valence-corrected chi connectivity index (χ0v) is 17.9. The molecule has 123 valence electrons. The molecule has 0 saturated carbocycles. The van der Waals surface area contributed by atoms with Gasteiger partial charge >= 0.3 is 0 Å². The molecule has 0 saturated heterocycles. The summed E-state index contributed by atoms with van der Waals surface area (Å²) >= 11 is 0. The smallest absolute Gasteiger partial charge is 0.267 e. The summed E-state index contributed by atoms with van der Waals surface area (Å²) in [5.41, 5.74) is 0. The number of aliphatic hydroxyl groups excluding tert-OH is 1. The zero-order chi connectivity index (χ0) is 15.1. The van der Waals surface area contributed by atoms with Gasteiger partial charge in [0.1, 0.15) is 0 Å². The van der Waals surface area contributed by atoms with Crippen LogP contribution in [-0.4, -0.2) is 83.9 Å². The molecule has 0 spiro atoms. The summed E-state index contributed by atoms with van der Waals surface area (Å²) < 4.78 is 27.5. The Bertz CT molecular complexity index is 294. The van der Waals surface area contributed by atoms with Gasteiger partial charge in [0.05, 0.1) is 12.4 Å². The van der Waals surface area contributed by atoms with Crippen molar-refractivity contribution < 1.29 is 17.7 Å². The Hall–Kier alpha value is 1.51. The van der Waals surface area contributed by atoms with Crippen LogP contribution in [0.25, 0.3) is 0 Å². The molecule has 0 aliphatic rings. The Labute approximate surface area is 174 Å². The standard InChI is InChI=1S/C15H32O4S.K/c1-2-3-4-5-6-7-8-9-10-11-14-19-20(17,18)15-12-13-16;/h16H,2-15H2,1H3;. The average molecular weight is 348 g/mol. The fourth-order valence-corrected chi connectivity index (χ4v) is 3.05. The molecule has 0 unspecified atom stereocenters. The van der Waals surface area contributed by atoms with Crippen molar-refractivity contribution in [2.45, 2.75) is 77.6 Å². The summed E-state index contributed by atoms with van der Waals surface area (Å²) in [4.78, 5) is 0. The Morgan fingerprint density at radius 3 is 1.76 bits per heavy atom. The fraction of sp³-hybridized carbons (Fsp3) is 1.00. The van der Waals surface area contributed by atoms with E-state index in [2.05, 4.69) is 6.92 Å². The van der Waals surface area contributed by atoms with Gasteiger partial charge < -0.3 is 5.11 Å².